The summed E-state index contributed by atoms with van der Waals surface area (Å²) >= 11 is 5.74. The van der Waals surface area contributed by atoms with Crippen molar-refractivity contribution >= 4 is 11.6 Å². The summed E-state index contributed by atoms with van der Waals surface area (Å²) in [5.74, 6) is 0.813. The Kier molecular flexibility index (Phi) is 2.80. The number of nitrogens with zero attached hydrogens (tertiary/aromatic N) is 1. The highest BCUT2D eigenvalue weighted by Gasteiger charge is 2.20. The topological polar surface area (TPSA) is 3.24 Å². The van der Waals surface area contributed by atoms with Crippen LogP contribution in [0.4, 0.5) is 0 Å². The van der Waals surface area contributed by atoms with Crippen molar-refractivity contribution in [2.24, 2.45) is 0 Å². The molecule has 0 radical (unpaired) electrons. The van der Waals surface area contributed by atoms with Crippen LogP contribution in [0.25, 0.3) is 0 Å². The molecule has 0 aliphatic carbocycles. The van der Waals surface area contributed by atoms with Crippen molar-refractivity contribution in [1.29, 1.82) is 0 Å². The lowest BCUT2D eigenvalue weighted by Crippen LogP contribution is -2.30. The lowest BCUT2D eigenvalue weighted by molar-refractivity contribution is 0.286. The molecule has 1 atom stereocenters. The van der Waals surface area contributed by atoms with Crippen molar-refractivity contribution in [1.82, 2.24) is 4.90 Å². The Morgan fingerprint density at radius 1 is 1.67 bits per heavy atom. The molecule has 1 nitrogen and oxygen atoms in total. The fraction of sp³-hybridized carbons (Fsp3) is 1.00. The van der Waals surface area contributed by atoms with Crippen LogP contribution in [0, 0.1) is 0 Å². The number of likely N-dealkylation sites (tertiary alicyclic amines) is 1. The van der Waals surface area contributed by atoms with Gasteiger partial charge in [0.25, 0.3) is 0 Å². The van der Waals surface area contributed by atoms with E-state index < -0.39 is 0 Å². The van der Waals surface area contributed by atoms with Crippen molar-refractivity contribution in [3.8, 4) is 0 Å². The molecule has 1 aliphatic heterocycles. The second-order valence-electron chi connectivity index (χ2n) is 2.58. The number of hydrogen-bond donors (Lipinski definition) is 0. The van der Waals surface area contributed by atoms with Crippen molar-refractivity contribution in [3.63, 3.8) is 0 Å². The van der Waals surface area contributed by atoms with Crippen molar-refractivity contribution < 1.29 is 0 Å². The van der Waals surface area contributed by atoms with Crippen molar-refractivity contribution in [3.05, 3.63) is 0 Å². The van der Waals surface area contributed by atoms with Gasteiger partial charge in [0.15, 0.2) is 0 Å². The summed E-state index contributed by atoms with van der Waals surface area (Å²) in [5, 5.41) is 0. The maximum Gasteiger partial charge on any atom is 0.0379 e. The van der Waals surface area contributed by atoms with E-state index in [1.54, 1.807) is 0 Å². The Labute approximate surface area is 62.0 Å². The molecule has 1 rings (SSSR count). The zero-order valence-electron chi connectivity index (χ0n) is 5.94. The monoisotopic (exact) mass is 147 g/mol. The molecule has 0 saturated carbocycles. The molecule has 0 spiro atoms. The minimum absolute atomic E-state index is 0.677. The fourth-order valence-electron chi connectivity index (χ4n) is 1.49. The maximum absolute atomic E-state index is 5.74. The van der Waals surface area contributed by atoms with Gasteiger partial charge in [-0.2, -0.15) is 0 Å². The van der Waals surface area contributed by atoms with Gasteiger partial charge in [-0.3, -0.25) is 4.90 Å². The van der Waals surface area contributed by atoms with Gasteiger partial charge in [0.2, 0.25) is 0 Å². The summed E-state index contributed by atoms with van der Waals surface area (Å²) in [6, 6.07) is 0.677. The first-order valence-corrected chi connectivity index (χ1v) is 4.22. The summed E-state index contributed by atoms with van der Waals surface area (Å²) in [4.78, 5) is 2.45. The van der Waals surface area contributed by atoms with E-state index in [1.165, 1.54) is 19.4 Å². The summed E-state index contributed by atoms with van der Waals surface area (Å²) in [7, 11) is 0. The van der Waals surface area contributed by atoms with Crippen LogP contribution in [-0.4, -0.2) is 29.9 Å². The first kappa shape index (κ1) is 7.36. The molecule has 54 valence electrons. The molecule has 0 amide bonds. The van der Waals surface area contributed by atoms with Crippen LogP contribution in [0.15, 0.2) is 0 Å². The van der Waals surface area contributed by atoms with Gasteiger partial charge < -0.3 is 0 Å². The fourth-order valence-corrected chi connectivity index (χ4v) is 1.84. The number of halogens is 1. The average molecular weight is 148 g/mol. The average Bonchev–Trinajstić information content (AvgIpc) is 2.33. The van der Waals surface area contributed by atoms with Gasteiger partial charge in [0.05, 0.1) is 0 Å². The quantitative estimate of drug-likeness (QED) is 0.538. The summed E-state index contributed by atoms with van der Waals surface area (Å²) < 4.78 is 0. The highest BCUT2D eigenvalue weighted by Crippen LogP contribution is 2.16. The zero-order valence-corrected chi connectivity index (χ0v) is 6.69. The smallest absolute Gasteiger partial charge is 0.0379 e. The molecule has 1 aliphatic rings. The van der Waals surface area contributed by atoms with E-state index in [0.29, 0.717) is 6.04 Å². The van der Waals surface area contributed by atoms with Crippen LogP contribution in [0.5, 0.6) is 0 Å². The predicted molar refractivity (Wildman–Crippen MR) is 41.0 cm³/mol. The molecule has 0 unspecified atom stereocenters. The summed E-state index contributed by atoms with van der Waals surface area (Å²) in [6.07, 6.45) is 2.64. The van der Waals surface area contributed by atoms with Gasteiger partial charge >= 0.3 is 0 Å². The molecule has 1 fully saturated rings. The minimum atomic E-state index is 0.677. The minimum Gasteiger partial charge on any atom is -0.299 e. The molecule has 0 aromatic carbocycles. The second kappa shape index (κ2) is 3.43. The lowest BCUT2D eigenvalue weighted by atomic mass is 10.2. The first-order chi connectivity index (χ1) is 4.38. The van der Waals surface area contributed by atoms with E-state index in [1.807, 2.05) is 0 Å². The SMILES string of the molecule is CCN1CCC[C@H]1CCl. The van der Waals surface area contributed by atoms with Gasteiger partial charge in [0, 0.05) is 11.9 Å². The molecule has 0 N–H and O–H groups in total. The molecular formula is C7H14ClN. The van der Waals surface area contributed by atoms with Gasteiger partial charge in [-0.1, -0.05) is 6.92 Å². The molecule has 9 heavy (non-hydrogen) atoms. The second-order valence-corrected chi connectivity index (χ2v) is 2.89. The summed E-state index contributed by atoms with van der Waals surface area (Å²) in [6.45, 7) is 4.62. The molecule has 0 aromatic rings. The number of rotatable bonds is 2. The molecule has 2 heteroatoms. The van der Waals surface area contributed by atoms with Gasteiger partial charge in [-0.15, -0.1) is 11.6 Å². The van der Waals surface area contributed by atoms with E-state index in [9.17, 15) is 0 Å². The van der Waals surface area contributed by atoms with Crippen LogP contribution < -0.4 is 0 Å². The Bertz CT molecular complexity index is 75.0. The van der Waals surface area contributed by atoms with Crippen LogP contribution >= 0.6 is 11.6 Å². The van der Waals surface area contributed by atoms with E-state index in [-0.39, 0.29) is 0 Å². The summed E-state index contributed by atoms with van der Waals surface area (Å²) in [5.41, 5.74) is 0. The van der Waals surface area contributed by atoms with E-state index >= 15 is 0 Å². The molecule has 0 aromatic heterocycles. The van der Waals surface area contributed by atoms with Crippen LogP contribution in [0.3, 0.4) is 0 Å². The molecular weight excluding hydrogens is 134 g/mol. The lowest BCUT2D eigenvalue weighted by Gasteiger charge is -2.19. The highest BCUT2D eigenvalue weighted by atomic mass is 35.5. The maximum atomic E-state index is 5.74. The highest BCUT2D eigenvalue weighted by molar-refractivity contribution is 6.18. The van der Waals surface area contributed by atoms with E-state index in [0.717, 1.165) is 12.4 Å². The number of hydrogen-bond acceptors (Lipinski definition) is 1. The van der Waals surface area contributed by atoms with Gasteiger partial charge in [-0.25, -0.2) is 0 Å². The van der Waals surface area contributed by atoms with Crippen LogP contribution in [-0.2, 0) is 0 Å². The Morgan fingerprint density at radius 3 is 2.89 bits per heavy atom. The number of alkyl halides is 1. The van der Waals surface area contributed by atoms with E-state index in [2.05, 4.69) is 11.8 Å². The first-order valence-electron chi connectivity index (χ1n) is 3.68. The van der Waals surface area contributed by atoms with E-state index in [4.69, 9.17) is 11.6 Å². The van der Waals surface area contributed by atoms with Crippen molar-refractivity contribution in [2.75, 3.05) is 19.0 Å². The Morgan fingerprint density at radius 2 is 2.44 bits per heavy atom. The third-order valence-corrected chi connectivity index (χ3v) is 2.44. The normalized spacial score (nSPS) is 29.3. The van der Waals surface area contributed by atoms with Gasteiger partial charge in [0.1, 0.15) is 0 Å². The largest absolute Gasteiger partial charge is 0.299 e. The third-order valence-electron chi connectivity index (χ3n) is 2.08. The predicted octanol–water partition coefficient (Wildman–Crippen LogP) is 1.71. The van der Waals surface area contributed by atoms with Gasteiger partial charge in [-0.05, 0) is 25.9 Å². The molecule has 1 saturated heterocycles. The molecule has 0 bridgehead atoms. The Hall–Kier alpha value is 0.250. The van der Waals surface area contributed by atoms with Crippen molar-refractivity contribution in [2.45, 2.75) is 25.8 Å². The van der Waals surface area contributed by atoms with Crippen LogP contribution in [0.2, 0.25) is 0 Å². The third kappa shape index (κ3) is 1.59. The standard InChI is InChI=1S/C7H14ClN/c1-2-9-5-3-4-7(9)6-8/h7H,2-6H2,1H3/t7-/m0/s1. The zero-order chi connectivity index (χ0) is 6.69. The van der Waals surface area contributed by atoms with Crippen LogP contribution in [0.1, 0.15) is 19.8 Å². The molecule has 1 heterocycles. The Balaban J connectivity index is 2.32.